The maximum Gasteiger partial charge on any atom is 0.264 e. The van der Waals surface area contributed by atoms with Crippen LogP contribution >= 0.6 is 22.9 Å². The highest BCUT2D eigenvalue weighted by molar-refractivity contribution is 7.17. The first-order valence-corrected chi connectivity index (χ1v) is 9.03. The molecule has 0 spiro atoms. The molecule has 0 aliphatic carbocycles. The van der Waals surface area contributed by atoms with E-state index in [1.165, 1.54) is 11.3 Å². The third-order valence-corrected chi connectivity index (χ3v) is 5.40. The molecule has 8 heteroatoms. The van der Waals surface area contributed by atoms with Gasteiger partial charge in [-0.25, -0.2) is 4.98 Å². The predicted octanol–water partition coefficient (Wildman–Crippen LogP) is 2.36. The lowest BCUT2D eigenvalue weighted by molar-refractivity contribution is -0.120. The molecule has 3 rings (SSSR count). The van der Waals surface area contributed by atoms with Gasteiger partial charge in [-0.2, -0.15) is 0 Å². The zero-order valence-corrected chi connectivity index (χ0v) is 15.2. The first-order chi connectivity index (χ1) is 11.5. The first-order valence-electron chi connectivity index (χ1n) is 7.84. The summed E-state index contributed by atoms with van der Waals surface area (Å²) >= 11 is 7.22. The van der Waals surface area contributed by atoms with Gasteiger partial charge in [-0.1, -0.05) is 18.5 Å². The van der Waals surface area contributed by atoms with Crippen molar-refractivity contribution in [1.82, 2.24) is 19.8 Å². The molecule has 24 heavy (non-hydrogen) atoms. The van der Waals surface area contributed by atoms with Crippen molar-refractivity contribution < 1.29 is 9.59 Å². The SMILES string of the molecule is CCC(=O)NCc1nc2c(n1C)CN(C(=O)c1ccc(Cl)s1)CC2. The molecule has 0 aromatic carbocycles. The molecule has 6 nitrogen and oxygen atoms in total. The van der Waals surface area contributed by atoms with Crippen LogP contribution in [0.5, 0.6) is 0 Å². The zero-order valence-electron chi connectivity index (χ0n) is 13.6. The van der Waals surface area contributed by atoms with E-state index in [0.717, 1.165) is 23.6 Å². The number of hydrogen-bond acceptors (Lipinski definition) is 4. The molecule has 2 aromatic rings. The summed E-state index contributed by atoms with van der Waals surface area (Å²) in [5.74, 6) is 0.817. The van der Waals surface area contributed by atoms with Gasteiger partial charge in [0.05, 0.1) is 33.7 Å². The molecule has 0 saturated heterocycles. The quantitative estimate of drug-likeness (QED) is 0.903. The molecule has 1 aliphatic heterocycles. The topological polar surface area (TPSA) is 67.2 Å². The van der Waals surface area contributed by atoms with E-state index in [1.807, 2.05) is 23.4 Å². The van der Waals surface area contributed by atoms with Gasteiger partial charge in [0.25, 0.3) is 5.91 Å². The van der Waals surface area contributed by atoms with Crippen LogP contribution in [0.25, 0.3) is 0 Å². The molecule has 0 saturated carbocycles. The van der Waals surface area contributed by atoms with Gasteiger partial charge in [-0.15, -0.1) is 11.3 Å². The number of rotatable bonds is 4. The van der Waals surface area contributed by atoms with Gasteiger partial charge in [0, 0.05) is 26.4 Å². The smallest absolute Gasteiger partial charge is 0.264 e. The zero-order chi connectivity index (χ0) is 17.3. The van der Waals surface area contributed by atoms with Crippen LogP contribution < -0.4 is 5.32 Å². The molecular weight excluding hydrogens is 348 g/mol. The highest BCUT2D eigenvalue weighted by atomic mass is 35.5. The fourth-order valence-electron chi connectivity index (χ4n) is 2.76. The minimum Gasteiger partial charge on any atom is -0.349 e. The van der Waals surface area contributed by atoms with Crippen LogP contribution in [0, 0.1) is 0 Å². The summed E-state index contributed by atoms with van der Waals surface area (Å²) in [5.41, 5.74) is 2.03. The molecule has 0 fully saturated rings. The van der Waals surface area contributed by atoms with Crippen LogP contribution in [0.3, 0.4) is 0 Å². The van der Waals surface area contributed by atoms with Crippen molar-refractivity contribution in [2.75, 3.05) is 6.54 Å². The fourth-order valence-corrected chi connectivity index (χ4v) is 3.77. The fraction of sp³-hybridized carbons (Fsp3) is 0.438. The molecule has 3 heterocycles. The number of aromatic nitrogens is 2. The number of nitrogens with zero attached hydrogens (tertiary/aromatic N) is 3. The molecule has 2 amide bonds. The Hall–Kier alpha value is -1.86. The molecule has 0 unspecified atom stereocenters. The summed E-state index contributed by atoms with van der Waals surface area (Å²) in [6.07, 6.45) is 1.17. The number of carbonyl (C=O) groups is 2. The standard InChI is InChI=1S/C16H19ClN4O2S/c1-3-15(22)18-8-14-19-10-6-7-21(9-11(10)20(14)2)16(23)12-4-5-13(17)24-12/h4-5H,3,6-9H2,1-2H3,(H,18,22). The molecule has 1 aliphatic rings. The van der Waals surface area contributed by atoms with Crippen molar-refractivity contribution >= 4 is 34.8 Å². The summed E-state index contributed by atoms with van der Waals surface area (Å²) in [5, 5.41) is 2.85. The van der Waals surface area contributed by atoms with E-state index >= 15 is 0 Å². The van der Waals surface area contributed by atoms with E-state index in [0.29, 0.717) is 35.3 Å². The second-order valence-electron chi connectivity index (χ2n) is 5.69. The van der Waals surface area contributed by atoms with E-state index in [9.17, 15) is 9.59 Å². The predicted molar refractivity (Wildman–Crippen MR) is 93.1 cm³/mol. The Morgan fingerprint density at radius 1 is 1.42 bits per heavy atom. The van der Waals surface area contributed by atoms with E-state index in [-0.39, 0.29) is 11.8 Å². The number of halogens is 1. The second-order valence-corrected chi connectivity index (χ2v) is 7.41. The van der Waals surface area contributed by atoms with Gasteiger partial charge in [0.2, 0.25) is 5.91 Å². The number of carbonyl (C=O) groups excluding carboxylic acids is 2. The van der Waals surface area contributed by atoms with E-state index < -0.39 is 0 Å². The summed E-state index contributed by atoms with van der Waals surface area (Å²) in [6, 6.07) is 3.51. The van der Waals surface area contributed by atoms with Crippen molar-refractivity contribution in [1.29, 1.82) is 0 Å². The average Bonchev–Trinajstić information content (AvgIpc) is 3.15. The molecule has 0 bridgehead atoms. The molecule has 2 aromatic heterocycles. The lowest BCUT2D eigenvalue weighted by atomic mass is 10.1. The number of fused-ring (bicyclic) bond motifs is 1. The van der Waals surface area contributed by atoms with Gasteiger partial charge in [-0.3, -0.25) is 9.59 Å². The maximum absolute atomic E-state index is 12.6. The lowest BCUT2D eigenvalue weighted by Crippen LogP contribution is -2.36. The Balaban J connectivity index is 1.74. The van der Waals surface area contributed by atoms with Crippen LogP contribution in [0.2, 0.25) is 4.34 Å². The highest BCUT2D eigenvalue weighted by Crippen LogP contribution is 2.26. The summed E-state index contributed by atoms with van der Waals surface area (Å²) in [4.78, 5) is 31.1. The van der Waals surface area contributed by atoms with E-state index in [1.54, 1.807) is 12.1 Å². The van der Waals surface area contributed by atoms with Crippen molar-refractivity contribution in [3.05, 3.63) is 38.6 Å². The average molecular weight is 367 g/mol. The van der Waals surface area contributed by atoms with E-state index in [2.05, 4.69) is 10.3 Å². The Bertz CT molecular complexity index is 783. The van der Waals surface area contributed by atoms with Crippen molar-refractivity contribution in [2.24, 2.45) is 7.05 Å². The molecule has 128 valence electrons. The largest absolute Gasteiger partial charge is 0.349 e. The van der Waals surface area contributed by atoms with Crippen LogP contribution in [0.15, 0.2) is 12.1 Å². The number of thiophene rings is 1. The lowest BCUT2D eigenvalue weighted by Gasteiger charge is -2.26. The van der Waals surface area contributed by atoms with E-state index in [4.69, 9.17) is 11.6 Å². The molecule has 1 N–H and O–H groups in total. The Morgan fingerprint density at radius 3 is 2.88 bits per heavy atom. The van der Waals surface area contributed by atoms with Gasteiger partial charge < -0.3 is 14.8 Å². The number of nitrogens with one attached hydrogen (secondary N) is 1. The van der Waals surface area contributed by atoms with Crippen molar-refractivity contribution in [3.8, 4) is 0 Å². The van der Waals surface area contributed by atoms with Crippen LogP contribution in [-0.4, -0.2) is 32.8 Å². The van der Waals surface area contributed by atoms with Crippen LogP contribution in [0.1, 0.15) is 40.2 Å². The Kier molecular flexibility index (Phi) is 4.91. The summed E-state index contributed by atoms with van der Waals surface area (Å²) in [6.45, 7) is 3.39. The highest BCUT2D eigenvalue weighted by Gasteiger charge is 2.27. The Labute approximate surface area is 149 Å². The Morgan fingerprint density at radius 2 is 2.21 bits per heavy atom. The third kappa shape index (κ3) is 3.32. The molecular formula is C16H19ClN4O2S. The first kappa shape index (κ1) is 17.0. The van der Waals surface area contributed by atoms with Crippen LogP contribution in [-0.2, 0) is 31.4 Å². The maximum atomic E-state index is 12.6. The minimum absolute atomic E-state index is 0.000384. The monoisotopic (exact) mass is 366 g/mol. The van der Waals surface area contributed by atoms with Gasteiger partial charge >= 0.3 is 0 Å². The van der Waals surface area contributed by atoms with Gasteiger partial charge in [0.1, 0.15) is 5.82 Å². The summed E-state index contributed by atoms with van der Waals surface area (Å²) in [7, 11) is 1.93. The number of amides is 2. The number of imidazole rings is 1. The van der Waals surface area contributed by atoms with Crippen molar-refractivity contribution in [2.45, 2.75) is 32.9 Å². The van der Waals surface area contributed by atoms with Crippen LogP contribution in [0.4, 0.5) is 0 Å². The normalized spacial score (nSPS) is 13.7. The van der Waals surface area contributed by atoms with Gasteiger partial charge in [-0.05, 0) is 12.1 Å². The van der Waals surface area contributed by atoms with Gasteiger partial charge in [0.15, 0.2) is 0 Å². The summed E-state index contributed by atoms with van der Waals surface area (Å²) < 4.78 is 2.59. The molecule has 0 atom stereocenters. The third-order valence-electron chi connectivity index (χ3n) is 4.18. The minimum atomic E-state index is -0.000384. The molecule has 0 radical (unpaired) electrons. The number of hydrogen-bond donors (Lipinski definition) is 1. The second kappa shape index (κ2) is 6.94. The van der Waals surface area contributed by atoms with Crippen molar-refractivity contribution in [3.63, 3.8) is 0 Å².